The van der Waals surface area contributed by atoms with Gasteiger partial charge in [-0.25, -0.2) is 0 Å². The van der Waals surface area contributed by atoms with Crippen molar-refractivity contribution >= 4 is 34.8 Å². The van der Waals surface area contributed by atoms with E-state index in [9.17, 15) is 22.8 Å². The highest BCUT2D eigenvalue weighted by Gasteiger charge is 2.40. The number of hydrogen-bond acceptors (Lipinski definition) is 5. The van der Waals surface area contributed by atoms with Crippen molar-refractivity contribution in [3.8, 4) is 11.4 Å². The number of benzene rings is 2. The molecular weight excluding hydrogens is 449 g/mol. The molecule has 0 aliphatic carbocycles. The summed E-state index contributed by atoms with van der Waals surface area (Å²) in [6.07, 6.45) is -4.75. The molecule has 166 valence electrons. The quantitative estimate of drug-likeness (QED) is 0.587. The molecule has 0 saturated carbocycles. The lowest BCUT2D eigenvalue weighted by Crippen LogP contribution is -2.53. The third-order valence-electron chi connectivity index (χ3n) is 4.93. The van der Waals surface area contributed by atoms with Gasteiger partial charge in [-0.15, -0.1) is 0 Å². The van der Waals surface area contributed by atoms with Crippen LogP contribution < -0.4 is 10.2 Å². The summed E-state index contributed by atoms with van der Waals surface area (Å²) < 4.78 is 42.3. The molecule has 1 aliphatic heterocycles. The molecule has 2 amide bonds. The molecule has 7 nitrogen and oxygen atoms in total. The van der Waals surface area contributed by atoms with Crippen LogP contribution in [0.4, 0.5) is 24.5 Å². The highest BCUT2D eigenvalue weighted by Crippen LogP contribution is 2.37. The fraction of sp³-hybridized carbons (Fsp3) is 0.238. The van der Waals surface area contributed by atoms with Gasteiger partial charge in [0.15, 0.2) is 0 Å². The van der Waals surface area contributed by atoms with Crippen molar-refractivity contribution in [2.45, 2.75) is 26.1 Å². The predicted octanol–water partition coefficient (Wildman–Crippen LogP) is 5.03. The van der Waals surface area contributed by atoms with E-state index >= 15 is 0 Å². The highest BCUT2D eigenvalue weighted by molar-refractivity contribution is 6.31. The van der Waals surface area contributed by atoms with Crippen LogP contribution in [0.5, 0.6) is 0 Å². The fourth-order valence-corrected chi connectivity index (χ4v) is 3.64. The number of hydrogen-bond donors (Lipinski definition) is 1. The molecule has 0 fully saturated rings. The summed E-state index contributed by atoms with van der Waals surface area (Å²) in [5.74, 6) is -2.71. The van der Waals surface area contributed by atoms with Crippen LogP contribution in [0.15, 0.2) is 47.0 Å². The molecule has 0 radical (unpaired) electrons. The number of carbonyl (C=O) groups is 2. The molecule has 2 heterocycles. The molecule has 32 heavy (non-hydrogen) atoms. The van der Waals surface area contributed by atoms with Crippen molar-refractivity contribution in [2.75, 3.05) is 10.2 Å². The number of nitrogens with zero attached hydrogens (tertiary/aromatic N) is 3. The third-order valence-corrected chi connectivity index (χ3v) is 5.17. The van der Waals surface area contributed by atoms with Crippen molar-refractivity contribution in [3.63, 3.8) is 0 Å². The molecular formula is C21H16ClF3N4O3. The zero-order chi connectivity index (χ0) is 23.2. The van der Waals surface area contributed by atoms with E-state index in [1.165, 1.54) is 29.2 Å². The van der Waals surface area contributed by atoms with E-state index in [4.69, 9.17) is 11.6 Å². The van der Waals surface area contributed by atoms with Crippen molar-refractivity contribution in [2.24, 2.45) is 5.92 Å². The van der Waals surface area contributed by atoms with Gasteiger partial charge in [0.25, 0.3) is 5.91 Å². The standard InChI is InChI=1S/C21H16ClF3N4O3/c1-10(2)16-18(30)26-14-8-7-13(22)9-15(14)29(16)19(31)12-5-3-11(4-6-12)17-27-20(32-28-17)21(23,24)25/h3-10,16H,1-2H3,(H,26,30). The van der Waals surface area contributed by atoms with Crippen LogP contribution >= 0.6 is 11.6 Å². The smallest absolute Gasteiger partial charge is 0.329 e. The topological polar surface area (TPSA) is 88.3 Å². The Hall–Kier alpha value is -3.40. The van der Waals surface area contributed by atoms with Crippen LogP contribution in [0, 0.1) is 5.92 Å². The Morgan fingerprint density at radius 2 is 1.88 bits per heavy atom. The predicted molar refractivity (Wildman–Crippen MR) is 110 cm³/mol. The molecule has 3 aromatic rings. The number of anilines is 2. The van der Waals surface area contributed by atoms with E-state index in [0.29, 0.717) is 16.4 Å². The van der Waals surface area contributed by atoms with E-state index in [-0.39, 0.29) is 28.8 Å². The average molecular weight is 465 g/mol. The van der Waals surface area contributed by atoms with Gasteiger partial charge in [-0.3, -0.25) is 14.5 Å². The van der Waals surface area contributed by atoms with Gasteiger partial charge in [0.2, 0.25) is 11.7 Å². The van der Waals surface area contributed by atoms with E-state index in [2.05, 4.69) is 20.0 Å². The number of aromatic nitrogens is 2. The van der Waals surface area contributed by atoms with Crippen LogP contribution in [0.25, 0.3) is 11.4 Å². The number of amides is 2. The Balaban J connectivity index is 1.69. The summed E-state index contributed by atoms with van der Waals surface area (Å²) in [7, 11) is 0. The minimum atomic E-state index is -4.75. The van der Waals surface area contributed by atoms with E-state index < -0.39 is 24.0 Å². The van der Waals surface area contributed by atoms with E-state index in [0.717, 1.165) is 0 Å². The molecule has 1 N–H and O–H groups in total. The number of fused-ring (bicyclic) bond motifs is 1. The van der Waals surface area contributed by atoms with Crippen LogP contribution in [-0.2, 0) is 11.0 Å². The molecule has 0 saturated heterocycles. The largest absolute Gasteiger partial charge is 0.471 e. The summed E-state index contributed by atoms with van der Waals surface area (Å²) >= 11 is 6.13. The molecule has 1 atom stereocenters. The molecule has 0 spiro atoms. The second-order valence-electron chi connectivity index (χ2n) is 7.51. The van der Waals surface area contributed by atoms with Gasteiger partial charge < -0.3 is 9.84 Å². The summed E-state index contributed by atoms with van der Waals surface area (Å²) in [6.45, 7) is 3.63. The maximum atomic E-state index is 13.4. The Labute approximate surface area is 185 Å². The average Bonchev–Trinajstić information content (AvgIpc) is 3.23. The molecule has 1 aliphatic rings. The Morgan fingerprint density at radius 3 is 2.47 bits per heavy atom. The first kappa shape index (κ1) is 21.8. The first-order valence-electron chi connectivity index (χ1n) is 9.51. The van der Waals surface area contributed by atoms with Crippen molar-refractivity contribution in [3.05, 3.63) is 58.9 Å². The van der Waals surface area contributed by atoms with E-state index in [1.807, 2.05) is 13.8 Å². The fourth-order valence-electron chi connectivity index (χ4n) is 3.48. The Kier molecular flexibility index (Phi) is 5.41. The second kappa shape index (κ2) is 7.94. The SMILES string of the molecule is CC(C)C1C(=O)Nc2ccc(Cl)cc2N1C(=O)c1ccc(-c2noc(C(F)(F)F)n2)cc1. The number of alkyl halides is 3. The minimum Gasteiger partial charge on any atom is -0.329 e. The monoisotopic (exact) mass is 464 g/mol. The number of carbonyl (C=O) groups excluding carboxylic acids is 2. The summed E-state index contributed by atoms with van der Waals surface area (Å²) in [5.41, 5.74) is 1.37. The lowest BCUT2D eigenvalue weighted by molar-refractivity contribution is -0.159. The Bertz CT molecular complexity index is 1190. The van der Waals surface area contributed by atoms with Crippen LogP contribution in [0.1, 0.15) is 30.1 Å². The molecule has 4 rings (SSSR count). The first-order chi connectivity index (χ1) is 15.1. The van der Waals surface area contributed by atoms with Gasteiger partial charge in [-0.05, 0) is 36.2 Å². The number of nitrogens with one attached hydrogen (secondary N) is 1. The van der Waals surface area contributed by atoms with E-state index in [1.54, 1.807) is 18.2 Å². The molecule has 2 aromatic carbocycles. The van der Waals surface area contributed by atoms with Crippen LogP contribution in [0.3, 0.4) is 0 Å². The highest BCUT2D eigenvalue weighted by atomic mass is 35.5. The van der Waals surface area contributed by atoms with Crippen LogP contribution in [-0.4, -0.2) is 28.0 Å². The zero-order valence-electron chi connectivity index (χ0n) is 16.8. The molecule has 0 bridgehead atoms. The van der Waals surface area contributed by atoms with Crippen molar-refractivity contribution < 1.29 is 27.3 Å². The van der Waals surface area contributed by atoms with Gasteiger partial charge in [-0.2, -0.15) is 18.2 Å². The van der Waals surface area contributed by atoms with Gasteiger partial charge in [0.1, 0.15) is 6.04 Å². The van der Waals surface area contributed by atoms with Gasteiger partial charge in [0, 0.05) is 16.1 Å². The van der Waals surface area contributed by atoms with Crippen molar-refractivity contribution in [1.82, 2.24) is 10.1 Å². The van der Waals surface area contributed by atoms with Gasteiger partial charge >= 0.3 is 12.1 Å². The maximum Gasteiger partial charge on any atom is 0.471 e. The molecule has 11 heteroatoms. The molecule has 1 aromatic heterocycles. The summed E-state index contributed by atoms with van der Waals surface area (Å²) in [4.78, 5) is 30.8. The van der Waals surface area contributed by atoms with Gasteiger partial charge in [-0.1, -0.05) is 42.7 Å². The maximum absolute atomic E-state index is 13.4. The second-order valence-corrected chi connectivity index (χ2v) is 7.95. The number of rotatable bonds is 3. The van der Waals surface area contributed by atoms with Crippen LogP contribution in [0.2, 0.25) is 5.02 Å². The summed E-state index contributed by atoms with van der Waals surface area (Å²) in [5, 5.41) is 6.52. The van der Waals surface area contributed by atoms with Gasteiger partial charge in [0.05, 0.1) is 11.4 Å². The normalized spacial score (nSPS) is 16.2. The summed E-state index contributed by atoms with van der Waals surface area (Å²) in [6, 6.07) is 9.70. The zero-order valence-corrected chi connectivity index (χ0v) is 17.5. The third kappa shape index (κ3) is 3.93. The molecule has 1 unspecified atom stereocenters. The minimum absolute atomic E-state index is 0.203. The lowest BCUT2D eigenvalue weighted by Gasteiger charge is -2.38. The Morgan fingerprint density at radius 1 is 1.19 bits per heavy atom. The first-order valence-corrected chi connectivity index (χ1v) is 9.89. The lowest BCUT2D eigenvalue weighted by atomic mass is 9.96. The number of halogens is 4. The van der Waals surface area contributed by atoms with Crippen molar-refractivity contribution in [1.29, 1.82) is 0 Å².